The fourth-order valence-electron chi connectivity index (χ4n) is 4.00. The van der Waals surface area contributed by atoms with Crippen molar-refractivity contribution in [2.45, 2.75) is 13.5 Å². The summed E-state index contributed by atoms with van der Waals surface area (Å²) in [5.74, 6) is 0.346. The number of rotatable bonds is 11. The van der Waals surface area contributed by atoms with Crippen molar-refractivity contribution in [2.24, 2.45) is 0 Å². The molecule has 10 nitrogen and oxygen atoms in total. The van der Waals surface area contributed by atoms with E-state index in [1.54, 1.807) is 30.6 Å². The molecule has 4 rings (SSSR count). The number of sulfonamides is 1. The first kappa shape index (κ1) is 26.3. The molecule has 0 fully saturated rings. The third-order valence-electron chi connectivity index (χ3n) is 6.06. The third kappa shape index (κ3) is 5.97. The van der Waals surface area contributed by atoms with Crippen LogP contribution in [0.5, 0.6) is 0 Å². The number of hydrogen-bond acceptors (Lipinski definition) is 8. The number of benzene rings is 1. The molecule has 3 heterocycles. The van der Waals surface area contributed by atoms with Crippen molar-refractivity contribution in [3.8, 4) is 0 Å². The molecular weight excluding hydrogens is 495 g/mol. The van der Waals surface area contributed by atoms with Crippen LogP contribution < -0.4 is 19.8 Å². The van der Waals surface area contributed by atoms with Gasteiger partial charge in [0.15, 0.2) is 0 Å². The van der Waals surface area contributed by atoms with Crippen molar-refractivity contribution in [3.05, 3.63) is 66.4 Å². The summed E-state index contributed by atoms with van der Waals surface area (Å²) in [6.07, 6.45) is 6.25. The first-order valence-corrected chi connectivity index (χ1v) is 13.7. The summed E-state index contributed by atoms with van der Waals surface area (Å²) in [6, 6.07) is 10.5. The average Bonchev–Trinajstić information content (AvgIpc) is 3.26. The number of pyridine rings is 1. The normalized spacial score (nSPS) is 11.6. The first-order valence-electron chi connectivity index (χ1n) is 11.9. The van der Waals surface area contributed by atoms with Crippen LogP contribution in [0, 0.1) is 5.82 Å². The Morgan fingerprint density at radius 3 is 2.68 bits per heavy atom. The van der Waals surface area contributed by atoms with Crippen LogP contribution in [0.2, 0.25) is 0 Å². The van der Waals surface area contributed by atoms with Crippen molar-refractivity contribution in [1.82, 2.24) is 24.8 Å². The summed E-state index contributed by atoms with van der Waals surface area (Å²) >= 11 is 0. The van der Waals surface area contributed by atoms with Crippen molar-refractivity contribution >= 4 is 44.2 Å². The highest BCUT2D eigenvalue weighted by Crippen LogP contribution is 2.26. The highest BCUT2D eigenvalue weighted by atomic mass is 32.2. The Morgan fingerprint density at radius 1 is 1.16 bits per heavy atom. The van der Waals surface area contributed by atoms with Gasteiger partial charge in [0.2, 0.25) is 16.0 Å². The smallest absolute Gasteiger partial charge is 0.233 e. The van der Waals surface area contributed by atoms with Crippen molar-refractivity contribution < 1.29 is 12.8 Å². The fourth-order valence-corrected chi connectivity index (χ4v) is 4.48. The number of nitrogens with one attached hydrogen (secondary N) is 2. The Balaban J connectivity index is 1.59. The van der Waals surface area contributed by atoms with Gasteiger partial charge in [-0.25, -0.2) is 22.8 Å². The maximum atomic E-state index is 14.9. The van der Waals surface area contributed by atoms with Crippen molar-refractivity contribution in [1.29, 1.82) is 0 Å². The highest BCUT2D eigenvalue weighted by molar-refractivity contribution is 7.92. The molecule has 0 unspecified atom stereocenters. The summed E-state index contributed by atoms with van der Waals surface area (Å²) in [7, 11) is -0.125. The van der Waals surface area contributed by atoms with Crippen LogP contribution in [0.1, 0.15) is 12.5 Å². The van der Waals surface area contributed by atoms with Gasteiger partial charge in [-0.05, 0) is 44.3 Å². The standard InChI is InChI=1S/C25H31FN8O2S/c1-5-33(14-12-27-2)22-9-8-20(15-21(22)26)30-25-29-16-18-10-13-34(24(18)31-25)17-19-7-6-11-28-23(19)32(3)37(4,35)36/h6-11,13,15-16,27H,5,12,14,17H2,1-4H3,(H,29,30,31). The number of nitrogens with zero attached hydrogens (tertiary/aromatic N) is 6. The summed E-state index contributed by atoms with van der Waals surface area (Å²) in [6.45, 7) is 4.50. The van der Waals surface area contributed by atoms with Gasteiger partial charge in [-0.3, -0.25) is 4.31 Å². The maximum Gasteiger partial charge on any atom is 0.233 e. The van der Waals surface area contributed by atoms with Gasteiger partial charge < -0.3 is 20.1 Å². The predicted octanol–water partition coefficient (Wildman–Crippen LogP) is 3.20. The topological polar surface area (TPSA) is 108 Å². The van der Waals surface area contributed by atoms with Gasteiger partial charge in [-0.1, -0.05) is 6.07 Å². The minimum Gasteiger partial charge on any atom is -0.368 e. The lowest BCUT2D eigenvalue weighted by molar-refractivity contribution is 0.599. The van der Waals surface area contributed by atoms with Gasteiger partial charge in [0.05, 0.1) is 18.5 Å². The van der Waals surface area contributed by atoms with E-state index in [9.17, 15) is 12.8 Å². The van der Waals surface area contributed by atoms with Gasteiger partial charge in [-0.15, -0.1) is 0 Å². The molecule has 2 N–H and O–H groups in total. The minimum absolute atomic E-state index is 0.321. The van der Waals surface area contributed by atoms with Gasteiger partial charge in [-0.2, -0.15) is 4.98 Å². The van der Waals surface area contributed by atoms with Gasteiger partial charge in [0.25, 0.3) is 0 Å². The molecule has 1 aromatic carbocycles. The molecule has 0 saturated heterocycles. The summed E-state index contributed by atoms with van der Waals surface area (Å²) < 4.78 is 42.1. The Kier molecular flexibility index (Phi) is 7.89. The van der Waals surface area contributed by atoms with E-state index in [1.807, 2.05) is 41.8 Å². The zero-order chi connectivity index (χ0) is 26.6. The van der Waals surface area contributed by atoms with E-state index >= 15 is 0 Å². The summed E-state index contributed by atoms with van der Waals surface area (Å²) in [4.78, 5) is 15.3. The van der Waals surface area contributed by atoms with Crippen LogP contribution in [-0.2, 0) is 16.6 Å². The number of hydrogen-bond donors (Lipinski definition) is 2. The van der Waals surface area contributed by atoms with Crippen molar-refractivity contribution in [3.63, 3.8) is 0 Å². The molecule has 196 valence electrons. The van der Waals surface area contributed by atoms with Crippen LogP contribution >= 0.6 is 0 Å². The molecule has 0 aliphatic carbocycles. The van der Waals surface area contributed by atoms with Crippen LogP contribution in [0.3, 0.4) is 0 Å². The van der Waals surface area contributed by atoms with Crippen LogP contribution in [0.15, 0.2) is 55.0 Å². The molecule has 3 aromatic heterocycles. The summed E-state index contributed by atoms with van der Waals surface area (Å²) in [5.41, 5.74) is 2.45. The molecule has 4 aromatic rings. The molecule has 0 bridgehead atoms. The molecule has 0 aliphatic heterocycles. The van der Waals surface area contributed by atoms with E-state index in [0.717, 1.165) is 28.1 Å². The molecule has 0 saturated carbocycles. The monoisotopic (exact) mass is 526 g/mol. The van der Waals surface area contributed by atoms with Crippen LogP contribution in [0.4, 0.5) is 27.5 Å². The van der Waals surface area contributed by atoms with Gasteiger partial charge >= 0.3 is 0 Å². The molecular formula is C25H31FN8O2S. The number of halogens is 1. The zero-order valence-electron chi connectivity index (χ0n) is 21.3. The lowest BCUT2D eigenvalue weighted by atomic mass is 10.2. The second kappa shape index (κ2) is 11.1. The predicted molar refractivity (Wildman–Crippen MR) is 146 cm³/mol. The Hall–Kier alpha value is -3.77. The van der Waals surface area contributed by atoms with E-state index in [2.05, 4.69) is 25.6 Å². The van der Waals surface area contributed by atoms with E-state index in [1.165, 1.54) is 13.1 Å². The number of fused-ring (bicyclic) bond motifs is 1. The lowest BCUT2D eigenvalue weighted by Crippen LogP contribution is -2.31. The molecule has 12 heteroatoms. The highest BCUT2D eigenvalue weighted by Gasteiger charge is 2.18. The number of anilines is 4. The number of likely N-dealkylation sites (N-methyl/N-ethyl adjacent to an activating group) is 2. The average molecular weight is 527 g/mol. The summed E-state index contributed by atoms with van der Waals surface area (Å²) in [5, 5.41) is 6.99. The molecule has 37 heavy (non-hydrogen) atoms. The maximum absolute atomic E-state index is 14.9. The Labute approximate surface area is 216 Å². The molecule has 0 atom stereocenters. The number of aromatic nitrogens is 4. The Bertz CT molecular complexity index is 1490. The quantitative estimate of drug-likeness (QED) is 0.307. The fraction of sp³-hybridized carbons (Fsp3) is 0.320. The molecule has 0 amide bonds. The largest absolute Gasteiger partial charge is 0.368 e. The van der Waals surface area contributed by atoms with Gasteiger partial charge in [0.1, 0.15) is 17.3 Å². The first-order chi connectivity index (χ1) is 17.7. The van der Waals surface area contributed by atoms with E-state index in [-0.39, 0.29) is 5.82 Å². The Morgan fingerprint density at radius 2 is 1.97 bits per heavy atom. The second-order valence-corrected chi connectivity index (χ2v) is 10.6. The third-order valence-corrected chi connectivity index (χ3v) is 7.23. The lowest BCUT2D eigenvalue weighted by Gasteiger charge is -2.23. The van der Waals surface area contributed by atoms with Crippen LogP contribution in [0.25, 0.3) is 11.0 Å². The van der Waals surface area contributed by atoms with Crippen LogP contribution in [-0.4, -0.2) is 67.9 Å². The molecule has 0 spiro atoms. The SMILES string of the molecule is CCN(CCNC)c1ccc(Nc2ncc3ccn(Cc4cccnc4N(C)S(C)(=O)=O)c3n2)cc1F. The molecule has 0 aliphatic rings. The van der Waals surface area contributed by atoms with E-state index in [0.29, 0.717) is 48.4 Å². The molecule has 0 radical (unpaired) electrons. The zero-order valence-corrected chi connectivity index (χ0v) is 22.1. The van der Waals surface area contributed by atoms with Crippen molar-refractivity contribution in [2.75, 3.05) is 54.5 Å². The van der Waals surface area contributed by atoms with E-state index < -0.39 is 10.0 Å². The van der Waals surface area contributed by atoms with E-state index in [4.69, 9.17) is 0 Å². The van der Waals surface area contributed by atoms with Gasteiger partial charge in [0, 0.05) is 61.9 Å². The second-order valence-electron chi connectivity index (χ2n) is 8.61. The minimum atomic E-state index is -3.47.